The molecule has 2 aliphatic rings. The minimum absolute atomic E-state index is 0.173. The van der Waals surface area contributed by atoms with Crippen LogP contribution < -0.4 is 0 Å². The fraction of sp³-hybridized carbons (Fsp3) is 0.875. The van der Waals surface area contributed by atoms with E-state index in [0.717, 1.165) is 19.6 Å². The van der Waals surface area contributed by atoms with E-state index in [9.17, 15) is 0 Å². The van der Waals surface area contributed by atoms with Crippen LogP contribution in [-0.2, 0) is 9.47 Å². The molecule has 1 aliphatic heterocycles. The molecule has 0 aromatic carbocycles. The highest BCUT2D eigenvalue weighted by Crippen LogP contribution is 2.52. The number of alkyl halides is 1. The van der Waals surface area contributed by atoms with Crippen LogP contribution in [0.25, 0.3) is 0 Å². The first-order valence-corrected chi connectivity index (χ1v) is 8.46. The van der Waals surface area contributed by atoms with Crippen molar-refractivity contribution in [2.24, 2.45) is 5.41 Å². The molecule has 3 heteroatoms. The third-order valence-electron chi connectivity index (χ3n) is 4.55. The van der Waals surface area contributed by atoms with Crippen LogP contribution >= 0.6 is 15.9 Å². The van der Waals surface area contributed by atoms with Crippen molar-refractivity contribution in [1.82, 2.24) is 0 Å². The van der Waals surface area contributed by atoms with E-state index in [2.05, 4.69) is 43.6 Å². The molecule has 0 aromatic heterocycles. The highest BCUT2D eigenvalue weighted by atomic mass is 79.9. The average molecular weight is 331 g/mol. The van der Waals surface area contributed by atoms with Crippen LogP contribution in [0.3, 0.4) is 0 Å². The molecule has 0 aromatic rings. The van der Waals surface area contributed by atoms with E-state index in [4.69, 9.17) is 9.47 Å². The summed E-state index contributed by atoms with van der Waals surface area (Å²) in [6, 6.07) is 0. The Morgan fingerprint density at radius 3 is 2.42 bits per heavy atom. The minimum atomic E-state index is -0.429. The lowest BCUT2D eigenvalue weighted by Crippen LogP contribution is -2.49. The molecule has 1 atom stereocenters. The molecule has 1 spiro atoms. The molecule has 2 nitrogen and oxygen atoms in total. The smallest absolute Gasteiger partial charge is 0.185 e. The Morgan fingerprint density at radius 2 is 1.84 bits per heavy atom. The highest BCUT2D eigenvalue weighted by Gasteiger charge is 2.52. The summed E-state index contributed by atoms with van der Waals surface area (Å²) in [5.74, 6) is -0.429. The Hall–Kier alpha value is 0.140. The lowest BCUT2D eigenvalue weighted by atomic mass is 9.68. The zero-order valence-corrected chi connectivity index (χ0v) is 14.3. The van der Waals surface area contributed by atoms with Crippen LogP contribution in [0.1, 0.15) is 59.8 Å². The Labute approximate surface area is 126 Å². The SMILES string of the molecule is CCCCCC1=C(C)C(Br)C2(CC1(C)C)OCCO2. The van der Waals surface area contributed by atoms with E-state index < -0.39 is 5.79 Å². The minimum Gasteiger partial charge on any atom is -0.346 e. The van der Waals surface area contributed by atoms with E-state index in [1.54, 1.807) is 5.57 Å². The van der Waals surface area contributed by atoms with Gasteiger partial charge in [-0.05, 0) is 25.2 Å². The lowest BCUT2D eigenvalue weighted by Gasteiger charge is -2.46. The number of ether oxygens (including phenoxy) is 2. The van der Waals surface area contributed by atoms with Crippen molar-refractivity contribution in [3.05, 3.63) is 11.1 Å². The standard InChI is InChI=1S/C16H27BrO2/c1-5-6-7-8-13-12(2)14(17)16(11-15(13,3)4)18-9-10-19-16/h14H,5-11H2,1-4H3. The third kappa shape index (κ3) is 2.93. The molecular formula is C16H27BrO2. The van der Waals surface area contributed by atoms with E-state index in [1.165, 1.54) is 31.3 Å². The van der Waals surface area contributed by atoms with Crippen molar-refractivity contribution in [2.45, 2.75) is 70.4 Å². The maximum atomic E-state index is 5.97. The first-order valence-electron chi connectivity index (χ1n) is 7.55. The molecule has 1 heterocycles. The van der Waals surface area contributed by atoms with Crippen LogP contribution in [0.4, 0.5) is 0 Å². The zero-order chi connectivity index (χ0) is 14.1. The molecule has 0 radical (unpaired) electrons. The van der Waals surface area contributed by atoms with Gasteiger partial charge in [-0.2, -0.15) is 0 Å². The summed E-state index contributed by atoms with van der Waals surface area (Å²) in [4.78, 5) is 0.201. The molecule has 1 unspecified atom stereocenters. The molecule has 0 saturated carbocycles. The van der Waals surface area contributed by atoms with Crippen LogP contribution in [0.5, 0.6) is 0 Å². The Balaban J connectivity index is 2.23. The van der Waals surface area contributed by atoms with Gasteiger partial charge in [-0.25, -0.2) is 0 Å². The molecule has 1 saturated heterocycles. The van der Waals surface area contributed by atoms with Gasteiger partial charge in [-0.15, -0.1) is 0 Å². The van der Waals surface area contributed by atoms with Gasteiger partial charge in [0.25, 0.3) is 0 Å². The van der Waals surface area contributed by atoms with Crippen molar-refractivity contribution in [1.29, 1.82) is 0 Å². The number of rotatable bonds is 4. The molecule has 1 aliphatic carbocycles. The summed E-state index contributed by atoms with van der Waals surface area (Å²) in [7, 11) is 0. The summed E-state index contributed by atoms with van der Waals surface area (Å²) >= 11 is 3.83. The van der Waals surface area contributed by atoms with Gasteiger partial charge in [0, 0.05) is 6.42 Å². The fourth-order valence-corrected chi connectivity index (χ4v) is 4.34. The molecule has 1 fully saturated rings. The average Bonchev–Trinajstić information content (AvgIpc) is 2.80. The van der Waals surface area contributed by atoms with Gasteiger partial charge in [0.05, 0.1) is 18.0 Å². The van der Waals surface area contributed by atoms with E-state index in [-0.39, 0.29) is 10.2 Å². The first kappa shape index (κ1) is 15.5. The Kier molecular flexibility index (Phi) is 4.79. The van der Waals surface area contributed by atoms with Crippen molar-refractivity contribution >= 4 is 15.9 Å². The predicted octanol–water partition coefficient (Wildman–Crippen LogP) is 4.82. The van der Waals surface area contributed by atoms with Crippen LogP contribution in [-0.4, -0.2) is 23.8 Å². The summed E-state index contributed by atoms with van der Waals surface area (Å²) in [5, 5.41) is 0. The van der Waals surface area contributed by atoms with Gasteiger partial charge >= 0.3 is 0 Å². The van der Waals surface area contributed by atoms with Crippen molar-refractivity contribution in [3.8, 4) is 0 Å². The summed E-state index contributed by atoms with van der Waals surface area (Å²) in [5.41, 5.74) is 3.20. The van der Waals surface area contributed by atoms with Crippen molar-refractivity contribution in [3.63, 3.8) is 0 Å². The molecule has 19 heavy (non-hydrogen) atoms. The number of hydrogen-bond donors (Lipinski definition) is 0. The molecule has 2 rings (SSSR count). The molecule has 0 N–H and O–H groups in total. The highest BCUT2D eigenvalue weighted by molar-refractivity contribution is 9.09. The first-order chi connectivity index (χ1) is 8.93. The summed E-state index contributed by atoms with van der Waals surface area (Å²) < 4.78 is 11.9. The predicted molar refractivity (Wildman–Crippen MR) is 82.6 cm³/mol. The van der Waals surface area contributed by atoms with E-state index in [1.807, 2.05) is 0 Å². The van der Waals surface area contributed by atoms with Gasteiger partial charge in [0.2, 0.25) is 0 Å². The Morgan fingerprint density at radius 1 is 1.21 bits per heavy atom. The van der Waals surface area contributed by atoms with Gasteiger partial charge < -0.3 is 9.47 Å². The van der Waals surface area contributed by atoms with Crippen molar-refractivity contribution < 1.29 is 9.47 Å². The number of halogens is 1. The maximum Gasteiger partial charge on any atom is 0.185 e. The molecule has 0 amide bonds. The third-order valence-corrected chi connectivity index (χ3v) is 5.94. The lowest BCUT2D eigenvalue weighted by molar-refractivity contribution is -0.173. The number of allylic oxidation sites excluding steroid dienone is 1. The van der Waals surface area contributed by atoms with Gasteiger partial charge in [-0.1, -0.05) is 60.7 Å². The Bertz CT molecular complexity index is 354. The van der Waals surface area contributed by atoms with Crippen molar-refractivity contribution in [2.75, 3.05) is 13.2 Å². The van der Waals surface area contributed by atoms with E-state index >= 15 is 0 Å². The van der Waals surface area contributed by atoms with Gasteiger partial charge in [0.15, 0.2) is 5.79 Å². The van der Waals surface area contributed by atoms with Crippen LogP contribution in [0.2, 0.25) is 0 Å². The van der Waals surface area contributed by atoms with Crippen LogP contribution in [0, 0.1) is 5.41 Å². The topological polar surface area (TPSA) is 18.5 Å². The fourth-order valence-electron chi connectivity index (χ4n) is 3.64. The van der Waals surface area contributed by atoms with E-state index in [0.29, 0.717) is 0 Å². The summed E-state index contributed by atoms with van der Waals surface area (Å²) in [6.07, 6.45) is 6.05. The van der Waals surface area contributed by atoms with Crippen LogP contribution in [0.15, 0.2) is 11.1 Å². The zero-order valence-electron chi connectivity index (χ0n) is 12.7. The molecule has 0 bridgehead atoms. The largest absolute Gasteiger partial charge is 0.346 e. The number of unbranched alkanes of at least 4 members (excludes halogenated alkanes) is 2. The second-order valence-electron chi connectivity index (χ2n) is 6.55. The monoisotopic (exact) mass is 330 g/mol. The second kappa shape index (κ2) is 5.87. The molecular weight excluding hydrogens is 304 g/mol. The summed E-state index contributed by atoms with van der Waals surface area (Å²) in [6.45, 7) is 10.6. The number of hydrogen-bond acceptors (Lipinski definition) is 2. The van der Waals surface area contributed by atoms with Gasteiger partial charge in [-0.3, -0.25) is 0 Å². The normalized spacial score (nSPS) is 29.2. The maximum absolute atomic E-state index is 5.97. The molecule has 110 valence electrons. The second-order valence-corrected chi connectivity index (χ2v) is 7.47. The van der Waals surface area contributed by atoms with Gasteiger partial charge in [0.1, 0.15) is 0 Å². The quantitative estimate of drug-likeness (QED) is 0.418.